The fourth-order valence-electron chi connectivity index (χ4n) is 2.78. The van der Waals surface area contributed by atoms with Crippen LogP contribution in [0.5, 0.6) is 0 Å². The Balaban J connectivity index is 2.15. The third-order valence-electron chi connectivity index (χ3n) is 3.70. The number of thioether (sulfide) groups is 1. The molecule has 0 saturated carbocycles. The number of dihydropyridines is 1. The molecule has 2 aliphatic heterocycles. The van der Waals surface area contributed by atoms with Gasteiger partial charge < -0.3 is 9.47 Å². The zero-order chi connectivity index (χ0) is 16.4. The van der Waals surface area contributed by atoms with Crippen molar-refractivity contribution in [3.05, 3.63) is 35.4 Å². The van der Waals surface area contributed by atoms with Crippen LogP contribution in [0, 0.1) is 5.92 Å². The molecule has 0 amide bonds. The molecule has 0 aliphatic carbocycles. The summed E-state index contributed by atoms with van der Waals surface area (Å²) in [5, 5.41) is -0.308. The molecule has 2 atom stereocenters. The van der Waals surface area contributed by atoms with Gasteiger partial charge >= 0.3 is 11.9 Å². The van der Waals surface area contributed by atoms with Gasteiger partial charge in [-0.3, -0.25) is 9.79 Å². The molecule has 2 unspecified atom stereocenters. The van der Waals surface area contributed by atoms with Gasteiger partial charge in [0, 0.05) is 11.1 Å². The summed E-state index contributed by atoms with van der Waals surface area (Å²) in [5.41, 5.74) is 1.88. The van der Waals surface area contributed by atoms with Crippen LogP contribution in [-0.2, 0) is 19.1 Å². The number of rotatable bonds is 4. The average Bonchev–Trinajstić information content (AvgIpc) is 2.54. The van der Waals surface area contributed by atoms with Crippen molar-refractivity contribution < 1.29 is 19.1 Å². The quantitative estimate of drug-likeness (QED) is 0.794. The van der Waals surface area contributed by atoms with Gasteiger partial charge in [0.2, 0.25) is 0 Å². The molecule has 3 rings (SSSR count). The van der Waals surface area contributed by atoms with Crippen molar-refractivity contribution in [2.24, 2.45) is 10.9 Å². The lowest BCUT2D eigenvalue weighted by Gasteiger charge is -2.34. The molecule has 5 nitrogen and oxygen atoms in total. The van der Waals surface area contributed by atoms with Gasteiger partial charge in [-0.2, -0.15) is 0 Å². The first-order chi connectivity index (χ1) is 11.2. The van der Waals surface area contributed by atoms with Crippen molar-refractivity contribution in [1.82, 2.24) is 0 Å². The Hall–Kier alpha value is -2.08. The second-order valence-electron chi connectivity index (χ2n) is 5.06. The van der Waals surface area contributed by atoms with Crippen molar-refractivity contribution in [2.75, 3.05) is 13.2 Å². The Morgan fingerprint density at radius 3 is 2.65 bits per heavy atom. The predicted molar refractivity (Wildman–Crippen MR) is 88.3 cm³/mol. The number of aliphatic imine (C=N–C) groups is 1. The van der Waals surface area contributed by atoms with E-state index in [0.29, 0.717) is 17.8 Å². The number of fused-ring (bicyclic) bond motifs is 4. The van der Waals surface area contributed by atoms with Gasteiger partial charge in [-0.15, -0.1) is 0 Å². The van der Waals surface area contributed by atoms with Crippen molar-refractivity contribution in [3.8, 4) is 0 Å². The summed E-state index contributed by atoms with van der Waals surface area (Å²) in [4.78, 5) is 30.2. The molecular formula is C17H17NO4S. The number of carbonyl (C=O) groups is 2. The zero-order valence-electron chi connectivity index (χ0n) is 12.9. The second kappa shape index (κ2) is 6.58. The molecule has 1 aromatic rings. The van der Waals surface area contributed by atoms with E-state index in [2.05, 4.69) is 4.99 Å². The Labute approximate surface area is 138 Å². The van der Waals surface area contributed by atoms with Crippen LogP contribution in [0.15, 0.2) is 39.7 Å². The van der Waals surface area contributed by atoms with E-state index < -0.39 is 11.9 Å². The van der Waals surface area contributed by atoms with Crippen LogP contribution < -0.4 is 0 Å². The van der Waals surface area contributed by atoms with Crippen molar-refractivity contribution in [2.45, 2.75) is 24.1 Å². The molecule has 0 N–H and O–H groups in total. The summed E-state index contributed by atoms with van der Waals surface area (Å²) in [5.74, 6) is -1.40. The maximum atomic E-state index is 12.5. The van der Waals surface area contributed by atoms with Crippen molar-refractivity contribution in [3.63, 3.8) is 0 Å². The van der Waals surface area contributed by atoms with Crippen LogP contribution in [0.25, 0.3) is 5.57 Å². The van der Waals surface area contributed by atoms with E-state index in [4.69, 9.17) is 9.47 Å². The maximum absolute atomic E-state index is 12.5. The predicted octanol–water partition coefficient (Wildman–Crippen LogP) is 2.70. The van der Waals surface area contributed by atoms with Gasteiger partial charge in [0.05, 0.1) is 18.8 Å². The largest absolute Gasteiger partial charge is 0.465 e. The molecule has 0 fully saturated rings. The minimum atomic E-state index is -0.584. The smallest absolute Gasteiger partial charge is 0.340 e. The van der Waals surface area contributed by atoms with Crippen LogP contribution in [0.1, 0.15) is 19.4 Å². The lowest BCUT2D eigenvalue weighted by Crippen LogP contribution is -2.35. The molecule has 23 heavy (non-hydrogen) atoms. The molecule has 2 heterocycles. The molecular weight excluding hydrogens is 314 g/mol. The molecule has 2 aliphatic rings. The van der Waals surface area contributed by atoms with E-state index in [1.165, 1.54) is 18.0 Å². The third-order valence-corrected chi connectivity index (χ3v) is 4.94. The van der Waals surface area contributed by atoms with Crippen LogP contribution in [0.3, 0.4) is 0 Å². The fraction of sp³-hybridized carbons (Fsp3) is 0.353. The lowest BCUT2D eigenvalue weighted by atomic mass is 9.86. The Morgan fingerprint density at radius 2 is 1.91 bits per heavy atom. The highest BCUT2D eigenvalue weighted by molar-refractivity contribution is 8.00. The maximum Gasteiger partial charge on any atom is 0.340 e. The third kappa shape index (κ3) is 2.79. The summed E-state index contributed by atoms with van der Waals surface area (Å²) in [6, 6.07) is 7.71. The summed E-state index contributed by atoms with van der Waals surface area (Å²) in [6.45, 7) is 4.08. The normalized spacial score (nSPS) is 21.7. The Morgan fingerprint density at radius 1 is 1.17 bits per heavy atom. The summed E-state index contributed by atoms with van der Waals surface area (Å²) in [7, 11) is 0. The summed E-state index contributed by atoms with van der Waals surface area (Å²) in [6.07, 6.45) is 1.52. The number of benzene rings is 1. The highest BCUT2D eigenvalue weighted by Crippen LogP contribution is 2.49. The van der Waals surface area contributed by atoms with E-state index in [1.807, 2.05) is 24.3 Å². The number of esters is 2. The van der Waals surface area contributed by atoms with Crippen LogP contribution in [0.2, 0.25) is 0 Å². The number of ether oxygens (including phenoxy) is 2. The van der Waals surface area contributed by atoms with Gasteiger partial charge in [-0.05, 0) is 31.1 Å². The molecule has 120 valence electrons. The van der Waals surface area contributed by atoms with Gasteiger partial charge in [0.1, 0.15) is 11.3 Å². The Kier molecular flexibility index (Phi) is 4.52. The number of carbonyl (C=O) groups excluding carboxylic acids is 2. The van der Waals surface area contributed by atoms with Gasteiger partial charge in [0.15, 0.2) is 0 Å². The molecule has 0 radical (unpaired) electrons. The Bertz CT molecular complexity index is 710. The first-order valence-electron chi connectivity index (χ1n) is 7.54. The topological polar surface area (TPSA) is 65.0 Å². The second-order valence-corrected chi connectivity index (χ2v) is 6.22. The van der Waals surface area contributed by atoms with Gasteiger partial charge in [0.25, 0.3) is 0 Å². The van der Waals surface area contributed by atoms with Gasteiger partial charge in [-0.1, -0.05) is 30.0 Å². The highest BCUT2D eigenvalue weighted by atomic mass is 32.2. The van der Waals surface area contributed by atoms with Crippen molar-refractivity contribution >= 4 is 35.5 Å². The SMILES string of the molecule is CCOC(=O)C1=C2c3ccccc3SC(N=C1)C2C(=O)OCC. The standard InChI is InChI=1S/C17H17NO4S/c1-3-21-16(19)11-9-18-15-14(17(20)22-4-2)13(11)10-7-5-6-8-12(10)23-15/h5-9,14-15H,3-4H2,1-2H3. The van der Waals surface area contributed by atoms with Gasteiger partial charge in [-0.25, -0.2) is 4.79 Å². The van der Waals surface area contributed by atoms with E-state index in [-0.39, 0.29) is 18.0 Å². The first-order valence-corrected chi connectivity index (χ1v) is 8.42. The molecule has 0 aromatic heterocycles. The fourth-order valence-corrected chi connectivity index (χ4v) is 4.01. The lowest BCUT2D eigenvalue weighted by molar-refractivity contribution is -0.145. The van der Waals surface area contributed by atoms with E-state index in [0.717, 1.165) is 10.5 Å². The summed E-state index contributed by atoms with van der Waals surface area (Å²) < 4.78 is 10.3. The molecule has 6 heteroatoms. The van der Waals surface area contributed by atoms with Crippen LogP contribution >= 0.6 is 11.8 Å². The number of hydrogen-bond donors (Lipinski definition) is 0. The van der Waals surface area contributed by atoms with E-state index in [9.17, 15) is 9.59 Å². The highest BCUT2D eigenvalue weighted by Gasteiger charge is 2.43. The minimum Gasteiger partial charge on any atom is -0.465 e. The number of hydrogen-bond acceptors (Lipinski definition) is 6. The van der Waals surface area contributed by atoms with Crippen LogP contribution in [0.4, 0.5) is 0 Å². The molecule has 0 saturated heterocycles. The van der Waals surface area contributed by atoms with Crippen molar-refractivity contribution in [1.29, 1.82) is 0 Å². The van der Waals surface area contributed by atoms with E-state index >= 15 is 0 Å². The monoisotopic (exact) mass is 331 g/mol. The average molecular weight is 331 g/mol. The van der Waals surface area contributed by atoms with Crippen LogP contribution in [-0.4, -0.2) is 36.7 Å². The molecule has 1 aromatic carbocycles. The van der Waals surface area contributed by atoms with E-state index in [1.54, 1.807) is 13.8 Å². The minimum absolute atomic E-state index is 0.271. The number of nitrogens with zero attached hydrogens (tertiary/aromatic N) is 1. The molecule has 2 bridgehead atoms. The molecule has 0 spiro atoms. The summed E-state index contributed by atoms with van der Waals surface area (Å²) >= 11 is 1.52. The first kappa shape index (κ1) is 15.8. The zero-order valence-corrected chi connectivity index (χ0v) is 13.8.